The van der Waals surface area contributed by atoms with Crippen molar-refractivity contribution in [2.45, 2.75) is 31.2 Å². The second kappa shape index (κ2) is 7.36. The summed E-state index contributed by atoms with van der Waals surface area (Å²) in [5.41, 5.74) is 0.550. The maximum atomic E-state index is 12.4. The van der Waals surface area contributed by atoms with Crippen molar-refractivity contribution in [3.63, 3.8) is 0 Å². The quantitative estimate of drug-likeness (QED) is 0.832. The third kappa shape index (κ3) is 4.97. The summed E-state index contributed by atoms with van der Waals surface area (Å²) in [5.74, 6) is -0.245. The lowest BCUT2D eigenvalue weighted by molar-refractivity contribution is 0.0919. The first kappa shape index (κ1) is 19.8. The third-order valence-electron chi connectivity index (χ3n) is 3.26. The van der Waals surface area contributed by atoms with Gasteiger partial charge in [0.25, 0.3) is 15.9 Å². The van der Waals surface area contributed by atoms with Crippen molar-refractivity contribution in [2.24, 2.45) is 0 Å². The molecular weight excluding hydrogens is 374 g/mol. The molecule has 0 spiro atoms. The number of hydrogen-bond acceptors (Lipinski definition) is 4. The normalized spacial score (nSPS) is 11.5. The fraction of sp³-hybridized carbons (Fsp3) is 0.222. The molecule has 0 atom stereocenters. The summed E-state index contributed by atoms with van der Waals surface area (Å²) in [7, 11) is -3.87. The van der Waals surface area contributed by atoms with E-state index in [1.54, 1.807) is 0 Å². The molecule has 2 aromatic rings. The Morgan fingerprint density at radius 2 is 1.73 bits per heavy atom. The number of nitriles is 1. The van der Waals surface area contributed by atoms with Crippen LogP contribution in [0.2, 0.25) is 5.02 Å². The van der Waals surface area contributed by atoms with Gasteiger partial charge < -0.3 is 5.32 Å². The number of carbonyl (C=O) groups is 1. The van der Waals surface area contributed by atoms with Gasteiger partial charge in [0.2, 0.25) is 0 Å². The number of halogens is 1. The number of carbonyl (C=O) groups excluding carboxylic acids is 1. The zero-order chi connectivity index (χ0) is 19.5. The Hall–Kier alpha value is -2.56. The van der Waals surface area contributed by atoms with Gasteiger partial charge in [0.15, 0.2) is 0 Å². The topological polar surface area (TPSA) is 99.1 Å². The van der Waals surface area contributed by atoms with E-state index in [1.807, 2.05) is 26.8 Å². The molecule has 6 nitrogen and oxygen atoms in total. The number of sulfonamides is 1. The molecule has 1 amide bonds. The van der Waals surface area contributed by atoms with Gasteiger partial charge in [-0.2, -0.15) is 5.26 Å². The van der Waals surface area contributed by atoms with Gasteiger partial charge in [-0.25, -0.2) is 8.42 Å². The van der Waals surface area contributed by atoms with Crippen LogP contribution in [0.5, 0.6) is 0 Å². The minimum atomic E-state index is -3.87. The number of hydrogen-bond donors (Lipinski definition) is 2. The third-order valence-corrected chi connectivity index (χ3v) is 4.95. The Kier molecular flexibility index (Phi) is 5.59. The van der Waals surface area contributed by atoms with E-state index in [4.69, 9.17) is 16.9 Å². The maximum Gasteiger partial charge on any atom is 0.261 e. The minimum Gasteiger partial charge on any atom is -0.347 e. The van der Waals surface area contributed by atoms with Crippen molar-refractivity contribution < 1.29 is 13.2 Å². The van der Waals surface area contributed by atoms with Crippen molar-refractivity contribution in [3.05, 3.63) is 58.6 Å². The monoisotopic (exact) mass is 391 g/mol. The van der Waals surface area contributed by atoms with Gasteiger partial charge in [0.05, 0.1) is 15.5 Å². The van der Waals surface area contributed by atoms with Crippen LogP contribution >= 0.6 is 11.6 Å². The maximum absolute atomic E-state index is 12.4. The van der Waals surface area contributed by atoms with E-state index in [9.17, 15) is 13.2 Å². The molecule has 0 bridgehead atoms. The van der Waals surface area contributed by atoms with E-state index in [-0.39, 0.29) is 26.9 Å². The Labute approximate surface area is 157 Å². The molecule has 0 fully saturated rings. The summed E-state index contributed by atoms with van der Waals surface area (Å²) in [6, 6.07) is 11.8. The van der Waals surface area contributed by atoms with Crippen LogP contribution < -0.4 is 10.0 Å². The second-order valence-electron chi connectivity index (χ2n) is 6.64. The lowest BCUT2D eigenvalue weighted by Gasteiger charge is -2.20. The van der Waals surface area contributed by atoms with Crippen LogP contribution in [0, 0.1) is 11.3 Å². The van der Waals surface area contributed by atoms with Gasteiger partial charge in [-0.15, -0.1) is 0 Å². The van der Waals surface area contributed by atoms with Gasteiger partial charge in [0.1, 0.15) is 6.07 Å². The molecular formula is C18H18ClN3O3S. The van der Waals surface area contributed by atoms with E-state index >= 15 is 0 Å². The van der Waals surface area contributed by atoms with Crippen LogP contribution in [0.1, 0.15) is 36.7 Å². The van der Waals surface area contributed by atoms with Crippen molar-refractivity contribution in [1.29, 1.82) is 5.26 Å². The lowest BCUT2D eigenvalue weighted by atomic mass is 10.1. The average Bonchev–Trinajstić information content (AvgIpc) is 2.53. The van der Waals surface area contributed by atoms with Crippen LogP contribution in [0.25, 0.3) is 0 Å². The summed E-state index contributed by atoms with van der Waals surface area (Å²) < 4.78 is 27.3. The first-order valence-corrected chi connectivity index (χ1v) is 9.53. The van der Waals surface area contributed by atoms with Crippen LogP contribution in [0.4, 0.5) is 5.69 Å². The molecule has 0 saturated heterocycles. The number of nitrogens with zero attached hydrogens (tertiary/aromatic N) is 1. The summed E-state index contributed by atoms with van der Waals surface area (Å²) in [4.78, 5) is 12.0. The van der Waals surface area contributed by atoms with Crippen LogP contribution in [0.15, 0.2) is 47.4 Å². The van der Waals surface area contributed by atoms with E-state index in [0.29, 0.717) is 11.3 Å². The number of nitrogens with one attached hydrogen (secondary N) is 2. The lowest BCUT2D eigenvalue weighted by Crippen LogP contribution is -2.40. The highest BCUT2D eigenvalue weighted by molar-refractivity contribution is 7.92. The molecule has 0 aliphatic rings. The number of benzene rings is 2. The zero-order valence-electron chi connectivity index (χ0n) is 14.5. The Bertz CT molecular complexity index is 972. The molecule has 0 radical (unpaired) electrons. The van der Waals surface area contributed by atoms with Gasteiger partial charge in [-0.05, 0) is 63.2 Å². The highest BCUT2D eigenvalue weighted by atomic mass is 35.5. The largest absolute Gasteiger partial charge is 0.347 e. The molecule has 2 aromatic carbocycles. The highest BCUT2D eigenvalue weighted by Crippen LogP contribution is 2.22. The van der Waals surface area contributed by atoms with Gasteiger partial charge >= 0.3 is 0 Å². The predicted octanol–water partition coefficient (Wildman–Crippen LogP) is 3.54. The van der Waals surface area contributed by atoms with Crippen LogP contribution in [-0.2, 0) is 10.0 Å². The van der Waals surface area contributed by atoms with Gasteiger partial charge in [-0.3, -0.25) is 9.52 Å². The fourth-order valence-electron chi connectivity index (χ4n) is 2.07. The molecule has 8 heteroatoms. The van der Waals surface area contributed by atoms with Crippen LogP contribution in [-0.4, -0.2) is 19.9 Å². The minimum absolute atomic E-state index is 0.0592. The Morgan fingerprint density at radius 1 is 1.12 bits per heavy atom. The Morgan fingerprint density at radius 3 is 2.23 bits per heavy atom. The first-order chi connectivity index (χ1) is 12.0. The Balaban J connectivity index is 2.19. The molecule has 0 aromatic heterocycles. The SMILES string of the molecule is CC(C)(C)NC(=O)c1ccc(NS(=O)(=O)c2ccc(C#N)c(Cl)c2)cc1. The number of rotatable bonds is 4. The van der Waals surface area contributed by atoms with E-state index in [1.165, 1.54) is 42.5 Å². The van der Waals surface area contributed by atoms with Crippen molar-refractivity contribution in [2.75, 3.05) is 4.72 Å². The van der Waals surface area contributed by atoms with Crippen molar-refractivity contribution in [3.8, 4) is 6.07 Å². The predicted molar refractivity (Wildman–Crippen MR) is 101 cm³/mol. The van der Waals surface area contributed by atoms with Crippen molar-refractivity contribution >= 4 is 33.2 Å². The van der Waals surface area contributed by atoms with E-state index < -0.39 is 10.0 Å². The molecule has 0 saturated carbocycles. The standard InChI is InChI=1S/C18H18ClN3O3S/c1-18(2,3)21-17(23)12-4-7-14(8-5-12)22-26(24,25)15-9-6-13(11-20)16(19)10-15/h4-10,22H,1-3H3,(H,21,23). The number of amides is 1. The average molecular weight is 392 g/mol. The molecule has 136 valence electrons. The van der Waals surface area contributed by atoms with E-state index in [0.717, 1.165) is 0 Å². The molecule has 0 aliphatic carbocycles. The summed E-state index contributed by atoms with van der Waals surface area (Å²) >= 11 is 5.89. The summed E-state index contributed by atoms with van der Waals surface area (Å²) in [6.45, 7) is 5.61. The van der Waals surface area contributed by atoms with E-state index in [2.05, 4.69) is 10.0 Å². The summed E-state index contributed by atoms with van der Waals surface area (Å²) in [5, 5.41) is 11.7. The molecule has 0 aliphatic heterocycles. The zero-order valence-corrected chi connectivity index (χ0v) is 16.1. The molecule has 0 heterocycles. The second-order valence-corrected chi connectivity index (χ2v) is 8.73. The van der Waals surface area contributed by atoms with Gasteiger partial charge in [-0.1, -0.05) is 11.6 Å². The smallest absolute Gasteiger partial charge is 0.261 e. The summed E-state index contributed by atoms with van der Waals surface area (Å²) in [6.07, 6.45) is 0. The molecule has 2 N–H and O–H groups in total. The highest BCUT2D eigenvalue weighted by Gasteiger charge is 2.18. The van der Waals surface area contributed by atoms with Crippen LogP contribution in [0.3, 0.4) is 0 Å². The first-order valence-electron chi connectivity index (χ1n) is 7.67. The van der Waals surface area contributed by atoms with Gasteiger partial charge in [0, 0.05) is 16.8 Å². The molecule has 26 heavy (non-hydrogen) atoms. The molecule has 0 unspecified atom stereocenters. The molecule has 2 rings (SSSR count). The number of anilines is 1. The fourth-order valence-corrected chi connectivity index (χ4v) is 3.44. The van der Waals surface area contributed by atoms with Crippen molar-refractivity contribution in [1.82, 2.24) is 5.32 Å².